The van der Waals surface area contributed by atoms with E-state index in [1.54, 1.807) is 11.8 Å². The molecule has 0 aromatic heterocycles. The van der Waals surface area contributed by atoms with Gasteiger partial charge in [-0.05, 0) is 75.0 Å². The number of hydrogen-bond donors (Lipinski definition) is 4. The van der Waals surface area contributed by atoms with Gasteiger partial charge in [0.2, 0.25) is 0 Å². The Morgan fingerprint density at radius 2 is 1.87 bits per heavy atom. The molecule has 0 saturated heterocycles. The molecule has 3 aliphatic rings. The Hall–Kier alpha value is -0.600. The summed E-state index contributed by atoms with van der Waals surface area (Å²) in [6, 6.07) is 0.105. The van der Waals surface area contributed by atoms with Gasteiger partial charge >= 0.3 is 5.97 Å². The SMILES string of the molecule is C=C[C@]1(C)C[C@@H](OC(=O)CSC(C)(C)CNC[C@H](N)C(C)C)[C@]2(C)[C@H](C)CC[C@]3(CCC(O)[C@H]32)[C@@H](C)[C@@H]1O. The molecule has 5 N–H and O–H groups in total. The number of aliphatic hydroxyl groups is 2. The first-order valence-electron chi connectivity index (χ1n) is 14.8. The Bertz CT molecular complexity index is 852. The second-order valence-corrected chi connectivity index (χ2v) is 16.0. The summed E-state index contributed by atoms with van der Waals surface area (Å²) in [6.45, 7) is 22.8. The van der Waals surface area contributed by atoms with Crippen molar-refractivity contribution in [1.29, 1.82) is 0 Å². The van der Waals surface area contributed by atoms with Crippen LogP contribution in [-0.4, -0.2) is 64.1 Å². The van der Waals surface area contributed by atoms with E-state index >= 15 is 0 Å². The van der Waals surface area contributed by atoms with Crippen LogP contribution >= 0.6 is 11.8 Å². The van der Waals surface area contributed by atoms with Crippen molar-refractivity contribution in [2.75, 3.05) is 18.8 Å². The molecule has 38 heavy (non-hydrogen) atoms. The van der Waals surface area contributed by atoms with Gasteiger partial charge in [0.25, 0.3) is 0 Å². The number of nitrogens with two attached hydrogens (primary N) is 1. The van der Waals surface area contributed by atoms with E-state index in [1.807, 2.05) is 6.08 Å². The first-order valence-corrected chi connectivity index (χ1v) is 15.8. The molecule has 0 aromatic carbocycles. The number of thioether (sulfide) groups is 1. The average molecular weight is 553 g/mol. The van der Waals surface area contributed by atoms with E-state index in [2.05, 4.69) is 67.3 Å². The normalized spacial score (nSPS) is 42.2. The monoisotopic (exact) mass is 552 g/mol. The molecular weight excluding hydrogens is 496 g/mol. The van der Waals surface area contributed by atoms with Gasteiger partial charge in [-0.25, -0.2) is 0 Å². The third-order valence-electron chi connectivity index (χ3n) is 11.2. The van der Waals surface area contributed by atoms with Crippen molar-refractivity contribution in [2.24, 2.45) is 45.7 Å². The summed E-state index contributed by atoms with van der Waals surface area (Å²) in [7, 11) is 0. The molecule has 220 valence electrons. The van der Waals surface area contributed by atoms with Crippen LogP contribution in [0.15, 0.2) is 12.7 Å². The Labute approximate surface area is 236 Å². The van der Waals surface area contributed by atoms with Gasteiger partial charge in [-0.15, -0.1) is 18.3 Å². The van der Waals surface area contributed by atoms with Crippen LogP contribution in [0.3, 0.4) is 0 Å². The van der Waals surface area contributed by atoms with Crippen LogP contribution < -0.4 is 11.1 Å². The van der Waals surface area contributed by atoms with E-state index in [4.69, 9.17) is 10.5 Å². The number of nitrogens with one attached hydrogen (secondary N) is 1. The molecule has 0 aromatic rings. The quantitative estimate of drug-likeness (QED) is 0.229. The fraction of sp³-hybridized carbons (Fsp3) is 0.903. The van der Waals surface area contributed by atoms with Crippen LogP contribution in [0.1, 0.15) is 87.5 Å². The van der Waals surface area contributed by atoms with Crippen LogP contribution in [0.2, 0.25) is 0 Å². The lowest BCUT2D eigenvalue weighted by molar-refractivity contribution is -0.217. The zero-order valence-corrected chi connectivity index (χ0v) is 26.1. The first-order chi connectivity index (χ1) is 17.5. The molecule has 3 aliphatic carbocycles. The Morgan fingerprint density at radius 1 is 1.24 bits per heavy atom. The highest BCUT2D eigenvalue weighted by Crippen LogP contribution is 2.69. The maximum absolute atomic E-state index is 13.4. The zero-order chi connectivity index (χ0) is 28.7. The average Bonchev–Trinajstić information content (AvgIpc) is 3.21. The van der Waals surface area contributed by atoms with Crippen molar-refractivity contribution in [3.05, 3.63) is 12.7 Å². The van der Waals surface area contributed by atoms with Crippen LogP contribution in [-0.2, 0) is 9.53 Å². The van der Waals surface area contributed by atoms with Gasteiger partial charge in [-0.3, -0.25) is 4.79 Å². The molecule has 3 fully saturated rings. The molecule has 3 rings (SSSR count). The molecular formula is C31H56N2O4S. The van der Waals surface area contributed by atoms with Crippen molar-refractivity contribution in [1.82, 2.24) is 5.32 Å². The van der Waals surface area contributed by atoms with Gasteiger partial charge in [-0.1, -0.05) is 47.6 Å². The number of carbonyl (C=O) groups is 1. The zero-order valence-electron chi connectivity index (χ0n) is 25.3. The number of carbonyl (C=O) groups excluding carboxylic acids is 1. The molecule has 1 unspecified atom stereocenters. The summed E-state index contributed by atoms with van der Waals surface area (Å²) in [5.41, 5.74) is 5.05. The summed E-state index contributed by atoms with van der Waals surface area (Å²) in [4.78, 5) is 13.4. The second kappa shape index (κ2) is 11.7. The topological polar surface area (TPSA) is 105 Å². The minimum Gasteiger partial charge on any atom is -0.461 e. The fourth-order valence-corrected chi connectivity index (χ4v) is 8.85. The van der Waals surface area contributed by atoms with Gasteiger partial charge in [0.1, 0.15) is 6.10 Å². The second-order valence-electron chi connectivity index (χ2n) is 14.3. The van der Waals surface area contributed by atoms with Crippen molar-refractivity contribution in [3.63, 3.8) is 0 Å². The van der Waals surface area contributed by atoms with Crippen molar-refractivity contribution < 1.29 is 19.7 Å². The van der Waals surface area contributed by atoms with Crippen molar-refractivity contribution >= 4 is 17.7 Å². The van der Waals surface area contributed by atoms with Gasteiger partial charge in [-0.2, -0.15) is 0 Å². The Kier molecular flexibility index (Phi) is 9.84. The fourth-order valence-electron chi connectivity index (χ4n) is 8.07. The first kappa shape index (κ1) is 31.9. The third-order valence-corrected chi connectivity index (χ3v) is 12.5. The van der Waals surface area contributed by atoms with E-state index in [-0.39, 0.29) is 45.2 Å². The number of esters is 1. The molecule has 0 spiro atoms. The maximum atomic E-state index is 13.4. The summed E-state index contributed by atoms with van der Waals surface area (Å²) in [5.74, 6) is 0.770. The van der Waals surface area contributed by atoms with Gasteiger partial charge in [0.05, 0.1) is 18.0 Å². The van der Waals surface area contributed by atoms with Crippen LogP contribution in [0, 0.1) is 39.9 Å². The molecule has 6 nitrogen and oxygen atoms in total. The molecule has 3 saturated carbocycles. The summed E-state index contributed by atoms with van der Waals surface area (Å²) in [5, 5.41) is 26.5. The summed E-state index contributed by atoms with van der Waals surface area (Å²) < 4.78 is 6.26. The van der Waals surface area contributed by atoms with E-state index in [1.165, 1.54) is 0 Å². The Balaban J connectivity index is 1.81. The summed E-state index contributed by atoms with van der Waals surface area (Å²) >= 11 is 1.60. The number of aliphatic hydroxyl groups excluding tert-OH is 2. The predicted octanol–water partition coefficient (Wildman–Crippen LogP) is 4.77. The molecule has 0 aliphatic heterocycles. The number of rotatable bonds is 10. The number of ether oxygens (including phenoxy) is 1. The minimum atomic E-state index is -0.608. The highest BCUT2D eigenvalue weighted by Gasteiger charge is 2.68. The Morgan fingerprint density at radius 3 is 2.47 bits per heavy atom. The predicted molar refractivity (Wildman–Crippen MR) is 158 cm³/mol. The van der Waals surface area contributed by atoms with E-state index in [0.717, 1.165) is 38.8 Å². The van der Waals surface area contributed by atoms with Crippen molar-refractivity contribution in [3.8, 4) is 0 Å². The van der Waals surface area contributed by atoms with Gasteiger partial charge in [0, 0.05) is 34.7 Å². The van der Waals surface area contributed by atoms with Gasteiger partial charge in [0.15, 0.2) is 0 Å². The lowest BCUT2D eigenvalue weighted by atomic mass is 9.43. The van der Waals surface area contributed by atoms with Gasteiger partial charge < -0.3 is 26.0 Å². The molecule has 0 amide bonds. The molecule has 0 heterocycles. The molecule has 10 atom stereocenters. The van der Waals surface area contributed by atoms with E-state index in [0.29, 0.717) is 18.3 Å². The smallest absolute Gasteiger partial charge is 0.316 e. The lowest BCUT2D eigenvalue weighted by Gasteiger charge is -2.63. The maximum Gasteiger partial charge on any atom is 0.316 e. The minimum absolute atomic E-state index is 0.00553. The van der Waals surface area contributed by atoms with Crippen molar-refractivity contribution in [2.45, 2.75) is 117 Å². The van der Waals surface area contributed by atoms with E-state index in [9.17, 15) is 15.0 Å². The highest BCUT2D eigenvalue weighted by molar-refractivity contribution is 8.01. The lowest BCUT2D eigenvalue weighted by Crippen LogP contribution is -2.63. The number of hydrogen-bond acceptors (Lipinski definition) is 7. The highest BCUT2D eigenvalue weighted by atomic mass is 32.2. The van der Waals surface area contributed by atoms with Crippen LogP contribution in [0.5, 0.6) is 0 Å². The van der Waals surface area contributed by atoms with E-state index < -0.39 is 23.7 Å². The summed E-state index contributed by atoms with van der Waals surface area (Å²) in [6.07, 6.45) is 4.59. The molecule has 0 radical (unpaired) electrons. The molecule has 2 bridgehead atoms. The van der Waals surface area contributed by atoms with Crippen LogP contribution in [0.25, 0.3) is 0 Å². The largest absolute Gasteiger partial charge is 0.461 e. The standard InChI is InChI=1S/C31H56N2O4S/c1-10-29(8)15-24(37-25(35)17-38-28(6,7)18-33-16-22(32)19(2)3)30(9)20(4)11-13-31(21(5)27(29)36)14-12-23(34)26(30)31/h10,19-24,26-27,33-34,36H,1,11-18,32H2,2-9H3/t20-,21+,22+,23?,24-,26+,27+,29-,30+,31+/m1/s1. The van der Waals surface area contributed by atoms with Crippen LogP contribution in [0.4, 0.5) is 0 Å². The third kappa shape index (κ3) is 5.88. The molecule has 7 heteroatoms.